The van der Waals surface area contributed by atoms with Gasteiger partial charge in [-0.15, -0.1) is 11.3 Å². The van der Waals surface area contributed by atoms with Gasteiger partial charge in [0.1, 0.15) is 5.01 Å². The smallest absolute Gasteiger partial charge is 0.226 e. The van der Waals surface area contributed by atoms with Gasteiger partial charge in [-0.1, -0.05) is 28.1 Å². The van der Waals surface area contributed by atoms with Crippen molar-refractivity contribution in [2.24, 2.45) is 0 Å². The molecule has 28 heavy (non-hydrogen) atoms. The van der Waals surface area contributed by atoms with Gasteiger partial charge in [0.15, 0.2) is 0 Å². The molecular formula is C20H24BrN3O2S2. The third-order valence-electron chi connectivity index (χ3n) is 5.34. The number of nitrogens with one attached hydrogen (secondary N) is 1. The van der Waals surface area contributed by atoms with E-state index in [9.17, 15) is 4.79 Å². The molecule has 2 aliphatic heterocycles. The maximum Gasteiger partial charge on any atom is 0.226 e. The SMILES string of the molecule is O=C(Cc1csc(-c2cccc(Br)c2)n1)NCC1(N2CCOCC2)CCSC1. The minimum Gasteiger partial charge on any atom is -0.379 e. The Balaban J connectivity index is 1.35. The minimum atomic E-state index is 0.0515. The van der Waals surface area contributed by atoms with Crippen molar-refractivity contribution in [3.8, 4) is 10.6 Å². The number of nitrogens with zero attached hydrogens (tertiary/aromatic N) is 2. The maximum absolute atomic E-state index is 12.6. The average Bonchev–Trinajstić information content (AvgIpc) is 3.38. The summed E-state index contributed by atoms with van der Waals surface area (Å²) in [5.41, 5.74) is 1.98. The van der Waals surface area contributed by atoms with E-state index in [0.717, 1.165) is 65.0 Å². The monoisotopic (exact) mass is 481 g/mol. The number of halogens is 1. The highest BCUT2D eigenvalue weighted by molar-refractivity contribution is 9.10. The van der Waals surface area contributed by atoms with Crippen LogP contribution in [0.4, 0.5) is 0 Å². The number of rotatable bonds is 6. The number of benzene rings is 1. The van der Waals surface area contributed by atoms with Crippen LogP contribution < -0.4 is 5.32 Å². The van der Waals surface area contributed by atoms with Gasteiger partial charge in [0.05, 0.1) is 25.3 Å². The lowest BCUT2D eigenvalue weighted by Crippen LogP contribution is -2.59. The van der Waals surface area contributed by atoms with Crippen molar-refractivity contribution in [1.29, 1.82) is 0 Å². The zero-order valence-electron chi connectivity index (χ0n) is 15.7. The number of hydrogen-bond acceptors (Lipinski definition) is 6. The molecular weight excluding hydrogens is 458 g/mol. The molecule has 2 saturated heterocycles. The van der Waals surface area contributed by atoms with Crippen LogP contribution in [0, 0.1) is 0 Å². The normalized spacial score (nSPS) is 23.0. The lowest BCUT2D eigenvalue weighted by atomic mass is 9.95. The van der Waals surface area contributed by atoms with Gasteiger partial charge in [0.2, 0.25) is 5.91 Å². The molecule has 0 saturated carbocycles. The second-order valence-corrected chi connectivity index (χ2v) is 10.1. The van der Waals surface area contributed by atoms with Gasteiger partial charge in [0.25, 0.3) is 0 Å². The van der Waals surface area contributed by atoms with Crippen LogP contribution in [0.15, 0.2) is 34.1 Å². The van der Waals surface area contributed by atoms with Crippen molar-refractivity contribution >= 4 is 44.9 Å². The second-order valence-electron chi connectivity index (χ2n) is 7.23. The first-order valence-corrected chi connectivity index (χ1v) is 12.3. The molecule has 1 atom stereocenters. The molecule has 3 heterocycles. The Labute approximate surface area is 182 Å². The topological polar surface area (TPSA) is 54.5 Å². The van der Waals surface area contributed by atoms with E-state index < -0.39 is 0 Å². The summed E-state index contributed by atoms with van der Waals surface area (Å²) in [6, 6.07) is 8.08. The van der Waals surface area contributed by atoms with E-state index in [4.69, 9.17) is 4.74 Å². The van der Waals surface area contributed by atoms with E-state index in [2.05, 4.69) is 31.1 Å². The number of amides is 1. The highest BCUT2D eigenvalue weighted by atomic mass is 79.9. The molecule has 1 aromatic carbocycles. The highest BCUT2D eigenvalue weighted by Gasteiger charge is 2.40. The van der Waals surface area contributed by atoms with Crippen LogP contribution in [-0.2, 0) is 16.0 Å². The number of carbonyl (C=O) groups is 1. The Bertz CT molecular complexity index is 817. The molecule has 1 amide bonds. The number of thiazole rings is 1. The fourth-order valence-corrected chi connectivity index (χ4v) is 6.46. The molecule has 0 aliphatic carbocycles. The number of hydrogen-bond donors (Lipinski definition) is 1. The third-order valence-corrected chi connectivity index (χ3v) is 8.01. The van der Waals surface area contributed by atoms with E-state index in [1.807, 2.05) is 41.4 Å². The Kier molecular flexibility index (Phi) is 6.73. The first-order valence-electron chi connectivity index (χ1n) is 9.52. The molecule has 0 spiro atoms. The molecule has 1 N–H and O–H groups in total. The molecule has 2 fully saturated rings. The van der Waals surface area contributed by atoms with Crippen molar-refractivity contribution in [2.45, 2.75) is 18.4 Å². The van der Waals surface area contributed by atoms with Crippen LogP contribution in [-0.4, -0.2) is 65.7 Å². The van der Waals surface area contributed by atoms with Crippen LogP contribution in [0.25, 0.3) is 10.6 Å². The summed E-state index contributed by atoms with van der Waals surface area (Å²) in [5, 5.41) is 6.12. The van der Waals surface area contributed by atoms with Gasteiger partial charge in [-0.25, -0.2) is 4.98 Å². The summed E-state index contributed by atoms with van der Waals surface area (Å²) in [7, 11) is 0. The fraction of sp³-hybridized carbons (Fsp3) is 0.500. The zero-order valence-corrected chi connectivity index (χ0v) is 18.9. The molecule has 2 aromatic rings. The van der Waals surface area contributed by atoms with E-state index >= 15 is 0 Å². The van der Waals surface area contributed by atoms with E-state index in [-0.39, 0.29) is 11.4 Å². The molecule has 0 bridgehead atoms. The molecule has 2 aliphatic rings. The Hall–Kier alpha value is -0.930. The first kappa shape index (κ1) is 20.3. The largest absolute Gasteiger partial charge is 0.379 e. The van der Waals surface area contributed by atoms with E-state index in [1.54, 1.807) is 11.3 Å². The number of ether oxygens (including phenoxy) is 1. The Morgan fingerprint density at radius 3 is 2.96 bits per heavy atom. The van der Waals surface area contributed by atoms with E-state index in [0.29, 0.717) is 13.0 Å². The van der Waals surface area contributed by atoms with Crippen LogP contribution >= 0.6 is 39.0 Å². The van der Waals surface area contributed by atoms with Gasteiger partial charge in [0, 0.05) is 46.3 Å². The molecule has 1 unspecified atom stereocenters. The molecule has 5 nitrogen and oxygen atoms in total. The quantitative estimate of drug-likeness (QED) is 0.684. The van der Waals surface area contributed by atoms with Gasteiger partial charge >= 0.3 is 0 Å². The molecule has 8 heteroatoms. The van der Waals surface area contributed by atoms with Crippen LogP contribution in [0.3, 0.4) is 0 Å². The number of thioether (sulfide) groups is 1. The number of carbonyl (C=O) groups excluding carboxylic acids is 1. The van der Waals surface area contributed by atoms with Crippen molar-refractivity contribution < 1.29 is 9.53 Å². The summed E-state index contributed by atoms with van der Waals surface area (Å²) in [6.45, 7) is 4.20. The molecule has 0 radical (unpaired) electrons. The predicted molar refractivity (Wildman–Crippen MR) is 119 cm³/mol. The summed E-state index contributed by atoms with van der Waals surface area (Å²) in [6.07, 6.45) is 1.46. The standard InChI is InChI=1S/C20H24BrN3O2S2/c21-16-3-1-2-15(10-16)19-23-17(12-28-19)11-18(25)22-13-20(4-9-27-14-20)24-5-7-26-8-6-24/h1-3,10,12H,4-9,11,13-14H2,(H,22,25). The van der Waals surface area contributed by atoms with Crippen molar-refractivity contribution in [3.05, 3.63) is 39.8 Å². The lowest BCUT2D eigenvalue weighted by Gasteiger charge is -2.43. The van der Waals surface area contributed by atoms with E-state index in [1.165, 1.54) is 0 Å². The Morgan fingerprint density at radius 1 is 1.36 bits per heavy atom. The second kappa shape index (κ2) is 9.26. The summed E-state index contributed by atoms with van der Waals surface area (Å²) in [5.74, 6) is 2.29. The molecule has 4 rings (SSSR count). The maximum atomic E-state index is 12.6. The first-order chi connectivity index (χ1) is 13.6. The predicted octanol–water partition coefficient (Wildman–Crippen LogP) is 3.44. The van der Waals surface area contributed by atoms with Gasteiger partial charge in [-0.05, 0) is 24.3 Å². The summed E-state index contributed by atoms with van der Waals surface area (Å²) in [4.78, 5) is 19.8. The van der Waals surface area contributed by atoms with Crippen LogP contribution in [0.1, 0.15) is 12.1 Å². The van der Waals surface area contributed by atoms with Gasteiger partial charge < -0.3 is 10.1 Å². The minimum absolute atomic E-state index is 0.0515. The number of morpholine rings is 1. The molecule has 150 valence electrons. The van der Waals surface area contributed by atoms with Gasteiger partial charge in [-0.3, -0.25) is 9.69 Å². The third kappa shape index (κ3) is 4.79. The van der Waals surface area contributed by atoms with Crippen LogP contribution in [0.5, 0.6) is 0 Å². The van der Waals surface area contributed by atoms with Crippen molar-refractivity contribution in [1.82, 2.24) is 15.2 Å². The number of aromatic nitrogens is 1. The van der Waals surface area contributed by atoms with Crippen molar-refractivity contribution in [3.63, 3.8) is 0 Å². The Morgan fingerprint density at radius 2 is 2.21 bits per heavy atom. The van der Waals surface area contributed by atoms with Crippen LogP contribution in [0.2, 0.25) is 0 Å². The lowest BCUT2D eigenvalue weighted by molar-refractivity contribution is -0.121. The average molecular weight is 482 g/mol. The molecule has 1 aromatic heterocycles. The van der Waals surface area contributed by atoms with Crippen molar-refractivity contribution in [2.75, 3.05) is 44.4 Å². The highest BCUT2D eigenvalue weighted by Crippen LogP contribution is 2.33. The fourth-order valence-electron chi connectivity index (χ4n) is 3.77. The summed E-state index contributed by atoms with van der Waals surface area (Å²) < 4.78 is 6.54. The zero-order chi connectivity index (χ0) is 19.4. The van der Waals surface area contributed by atoms with Gasteiger partial charge in [-0.2, -0.15) is 11.8 Å². The summed E-state index contributed by atoms with van der Waals surface area (Å²) >= 11 is 7.06.